The molecule has 0 unspecified atom stereocenters. The second kappa shape index (κ2) is 9.18. The molecule has 0 bridgehead atoms. The van der Waals surface area contributed by atoms with Crippen molar-refractivity contribution in [1.29, 1.82) is 0 Å². The molecule has 0 aromatic carbocycles. The first-order valence-electron chi connectivity index (χ1n) is 4.20. The summed E-state index contributed by atoms with van der Waals surface area (Å²) in [5, 5.41) is 0. The van der Waals surface area contributed by atoms with E-state index in [0.29, 0.717) is 0 Å². The van der Waals surface area contributed by atoms with Gasteiger partial charge >= 0.3 is 30.0 Å². The minimum absolute atomic E-state index is 0.564. The number of hydrogen-bond acceptors (Lipinski definition) is 3. The van der Waals surface area contributed by atoms with Crippen LogP contribution in [0.4, 0.5) is 8.78 Å². The Hall–Kier alpha value is 1.11. The van der Waals surface area contributed by atoms with Gasteiger partial charge in [-0.25, -0.2) is 0 Å². The van der Waals surface area contributed by atoms with E-state index in [0.717, 1.165) is 0 Å². The van der Waals surface area contributed by atoms with Gasteiger partial charge in [0.05, 0.1) is 12.2 Å². The summed E-state index contributed by atoms with van der Waals surface area (Å²) in [5.41, 5.74) is 0. The molecule has 0 saturated carbocycles. The quantitative estimate of drug-likeness (QED) is 0.417. The van der Waals surface area contributed by atoms with Gasteiger partial charge in [-0.05, 0) is 27.7 Å². The first-order valence-corrected chi connectivity index (χ1v) is 12.7. The molecular weight excluding hydrogens is 346 g/mol. The molecule has 3 nitrogen and oxygen atoms in total. The van der Waals surface area contributed by atoms with Crippen LogP contribution in [-0.2, 0) is 30.0 Å². The molecule has 0 amide bonds. The zero-order valence-electron chi connectivity index (χ0n) is 9.17. The predicted octanol–water partition coefficient (Wildman–Crippen LogP) is 4.26. The third-order valence-electron chi connectivity index (χ3n) is 0.906. The first kappa shape index (κ1) is 18.5. The zero-order valence-corrected chi connectivity index (χ0v) is 14.6. The molecule has 0 aliphatic carbocycles. The van der Waals surface area contributed by atoms with E-state index in [1.54, 1.807) is 0 Å². The van der Waals surface area contributed by atoms with Gasteiger partial charge in [0.15, 0.2) is 0 Å². The molecule has 0 aliphatic rings. The molecular formula is C7H14BrF2O3PZn. The van der Waals surface area contributed by atoms with Crippen molar-refractivity contribution in [2.75, 3.05) is 0 Å². The maximum atomic E-state index is 12.2. The zero-order chi connectivity index (χ0) is 12.6. The van der Waals surface area contributed by atoms with Crippen molar-refractivity contribution in [3.8, 4) is 0 Å². The summed E-state index contributed by atoms with van der Waals surface area (Å²) in [6, 6.07) is 0. The van der Waals surface area contributed by atoms with Crippen molar-refractivity contribution in [2.45, 2.75) is 39.9 Å². The van der Waals surface area contributed by atoms with Crippen LogP contribution < -0.4 is 0 Å². The third-order valence-corrected chi connectivity index (χ3v) is 2.72. The Bertz CT molecular complexity index is 191. The average molecular weight is 360 g/mol. The van der Waals surface area contributed by atoms with E-state index in [1.165, 1.54) is 44.0 Å². The van der Waals surface area contributed by atoms with Gasteiger partial charge in [0.2, 0.25) is 7.60 Å². The molecule has 0 aromatic rings. The van der Waals surface area contributed by atoms with E-state index in [2.05, 4.69) is 22.7 Å². The summed E-state index contributed by atoms with van der Waals surface area (Å²) in [7, 11) is -4.32. The SMILES string of the molecule is CC(C)OP(=O)(OC(C)C)[C-](F)F.[Zn+][Br]. The Labute approximate surface area is 106 Å². The van der Waals surface area contributed by atoms with Crippen molar-refractivity contribution in [3.63, 3.8) is 0 Å². The molecule has 0 fully saturated rings. The fourth-order valence-electron chi connectivity index (χ4n) is 0.660. The number of halogens is 3. The Balaban J connectivity index is 0. The summed E-state index contributed by atoms with van der Waals surface area (Å²) in [4.78, 5) is 0. The van der Waals surface area contributed by atoms with E-state index in [4.69, 9.17) is 0 Å². The standard InChI is InChI=1S/C7H14F2O3P.BrH.Zn/c1-5(2)11-13(10,7(8)9)12-6(3)4;;/h5-6H,1-4H3;1H;/q-1;;+2/p-1. The van der Waals surface area contributed by atoms with Crippen molar-refractivity contribution < 1.29 is 38.7 Å². The molecule has 8 heteroatoms. The Morgan fingerprint density at radius 2 is 1.40 bits per heavy atom. The van der Waals surface area contributed by atoms with Crippen LogP contribution in [0, 0.1) is 6.17 Å². The molecule has 0 spiro atoms. The van der Waals surface area contributed by atoms with Crippen molar-refractivity contribution in [1.82, 2.24) is 0 Å². The molecule has 0 atom stereocenters. The molecule has 0 aromatic heterocycles. The molecule has 0 rings (SSSR count). The second-order valence-corrected chi connectivity index (χ2v) is 4.80. The van der Waals surface area contributed by atoms with Crippen LogP contribution in [-0.4, -0.2) is 12.2 Å². The van der Waals surface area contributed by atoms with Crippen LogP contribution in [0.5, 0.6) is 0 Å². The van der Waals surface area contributed by atoms with E-state index in [-0.39, 0.29) is 0 Å². The Kier molecular flexibility index (Phi) is 11.3. The van der Waals surface area contributed by atoms with Crippen LogP contribution in [0.1, 0.15) is 27.7 Å². The summed E-state index contributed by atoms with van der Waals surface area (Å²) in [6.07, 6.45) is -3.42. The van der Waals surface area contributed by atoms with E-state index in [9.17, 15) is 13.3 Å². The van der Waals surface area contributed by atoms with Gasteiger partial charge in [-0.15, -0.1) is 0 Å². The molecule has 0 N–H and O–H groups in total. The Morgan fingerprint density at radius 3 is 1.53 bits per heavy atom. The van der Waals surface area contributed by atoms with Crippen LogP contribution in [0.2, 0.25) is 0 Å². The molecule has 0 radical (unpaired) electrons. The van der Waals surface area contributed by atoms with Gasteiger partial charge in [0.25, 0.3) is 0 Å². The van der Waals surface area contributed by atoms with Crippen LogP contribution in [0.15, 0.2) is 0 Å². The fourth-order valence-corrected chi connectivity index (χ4v) is 1.98. The van der Waals surface area contributed by atoms with Crippen LogP contribution in [0.25, 0.3) is 0 Å². The predicted molar refractivity (Wildman–Crippen MR) is 54.4 cm³/mol. The van der Waals surface area contributed by atoms with Gasteiger partial charge in [0, 0.05) is 0 Å². The normalized spacial score (nSPS) is 12.0. The molecule has 0 heterocycles. The number of hydrogen-bond donors (Lipinski definition) is 0. The van der Waals surface area contributed by atoms with E-state index >= 15 is 0 Å². The maximum absolute atomic E-state index is 12.2. The summed E-state index contributed by atoms with van der Waals surface area (Å²) >= 11 is 4.25. The van der Waals surface area contributed by atoms with Gasteiger partial charge in [0.1, 0.15) is 6.17 Å². The third kappa shape index (κ3) is 8.87. The van der Waals surface area contributed by atoms with Gasteiger partial charge < -0.3 is 17.8 Å². The molecule has 88 valence electrons. The van der Waals surface area contributed by atoms with E-state index in [1.807, 2.05) is 0 Å². The summed E-state index contributed by atoms with van der Waals surface area (Å²) in [6.45, 7) is 6.05. The summed E-state index contributed by atoms with van der Waals surface area (Å²) < 4.78 is 44.8. The van der Waals surface area contributed by atoms with Crippen molar-refractivity contribution >= 4 is 21.2 Å². The van der Waals surface area contributed by atoms with Crippen LogP contribution in [0.3, 0.4) is 0 Å². The molecule has 0 aliphatic heterocycles. The fraction of sp³-hybridized carbons (Fsp3) is 0.857. The van der Waals surface area contributed by atoms with Gasteiger partial charge in [-0.3, -0.25) is 4.57 Å². The first-order chi connectivity index (χ1) is 6.78. The minimum atomic E-state index is -4.32. The van der Waals surface area contributed by atoms with Crippen molar-refractivity contribution in [3.05, 3.63) is 6.17 Å². The van der Waals surface area contributed by atoms with Crippen molar-refractivity contribution in [2.24, 2.45) is 0 Å². The van der Waals surface area contributed by atoms with Gasteiger partial charge in [-0.1, -0.05) is 0 Å². The Morgan fingerprint density at radius 1 is 1.13 bits per heavy atom. The summed E-state index contributed by atoms with van der Waals surface area (Å²) in [5.74, 6) is 0. The monoisotopic (exact) mass is 358 g/mol. The molecule has 0 saturated heterocycles. The van der Waals surface area contributed by atoms with Gasteiger partial charge in [-0.2, -0.15) is 0 Å². The van der Waals surface area contributed by atoms with Crippen LogP contribution >= 0.6 is 21.2 Å². The number of rotatable bonds is 5. The topological polar surface area (TPSA) is 35.5 Å². The average Bonchev–Trinajstić information content (AvgIpc) is 2.04. The van der Waals surface area contributed by atoms with E-state index < -0.39 is 26.0 Å². The second-order valence-electron chi connectivity index (χ2n) is 3.05. The molecule has 15 heavy (non-hydrogen) atoms.